The van der Waals surface area contributed by atoms with Gasteiger partial charge in [-0.15, -0.1) is 0 Å². The summed E-state index contributed by atoms with van der Waals surface area (Å²) in [5, 5.41) is 3.36. The summed E-state index contributed by atoms with van der Waals surface area (Å²) >= 11 is 0. The molecule has 0 bridgehead atoms. The van der Waals surface area contributed by atoms with Crippen LogP contribution < -0.4 is 5.32 Å². The zero-order valence-corrected chi connectivity index (χ0v) is 9.49. The lowest BCUT2D eigenvalue weighted by Gasteiger charge is -2.40. The maximum Gasteiger partial charge on any atom is 0.202 e. The molecular formula is C11H19N3O. The SMILES string of the molecule is CCn1ccnc1NCC1(OC)CCC1. The summed E-state index contributed by atoms with van der Waals surface area (Å²) in [6, 6.07) is 0. The Bertz CT molecular complexity index is 312. The molecule has 4 heteroatoms. The van der Waals surface area contributed by atoms with Crippen LogP contribution >= 0.6 is 0 Å². The number of anilines is 1. The molecule has 84 valence electrons. The lowest BCUT2D eigenvalue weighted by Crippen LogP contribution is -2.45. The van der Waals surface area contributed by atoms with E-state index in [2.05, 4.69) is 21.8 Å². The third kappa shape index (κ3) is 2.00. The van der Waals surface area contributed by atoms with Crippen molar-refractivity contribution >= 4 is 5.95 Å². The molecule has 0 spiro atoms. The van der Waals surface area contributed by atoms with Gasteiger partial charge in [0.25, 0.3) is 0 Å². The summed E-state index contributed by atoms with van der Waals surface area (Å²) in [4.78, 5) is 4.28. The van der Waals surface area contributed by atoms with Crippen LogP contribution in [0.25, 0.3) is 0 Å². The van der Waals surface area contributed by atoms with Crippen molar-refractivity contribution in [1.82, 2.24) is 9.55 Å². The molecule has 1 aliphatic rings. The number of rotatable bonds is 5. The predicted molar refractivity (Wildman–Crippen MR) is 60.0 cm³/mol. The Morgan fingerprint density at radius 1 is 1.60 bits per heavy atom. The van der Waals surface area contributed by atoms with Gasteiger partial charge in [-0.05, 0) is 26.2 Å². The number of hydrogen-bond donors (Lipinski definition) is 1. The van der Waals surface area contributed by atoms with Gasteiger partial charge < -0.3 is 14.6 Å². The fourth-order valence-corrected chi connectivity index (χ4v) is 2.00. The first-order valence-corrected chi connectivity index (χ1v) is 5.60. The van der Waals surface area contributed by atoms with Gasteiger partial charge in [0.15, 0.2) is 0 Å². The highest BCUT2D eigenvalue weighted by atomic mass is 16.5. The van der Waals surface area contributed by atoms with Crippen molar-refractivity contribution in [1.29, 1.82) is 0 Å². The van der Waals surface area contributed by atoms with Gasteiger partial charge in [-0.1, -0.05) is 0 Å². The highest BCUT2D eigenvalue weighted by molar-refractivity contribution is 5.27. The van der Waals surface area contributed by atoms with Crippen LogP contribution in [0.3, 0.4) is 0 Å². The van der Waals surface area contributed by atoms with Crippen LogP contribution in [-0.2, 0) is 11.3 Å². The third-order valence-electron chi connectivity index (χ3n) is 3.32. The van der Waals surface area contributed by atoms with Gasteiger partial charge >= 0.3 is 0 Å². The average molecular weight is 209 g/mol. The van der Waals surface area contributed by atoms with Crippen molar-refractivity contribution in [3.05, 3.63) is 12.4 Å². The van der Waals surface area contributed by atoms with Crippen LogP contribution in [0.2, 0.25) is 0 Å². The first-order valence-electron chi connectivity index (χ1n) is 5.60. The number of ether oxygens (including phenoxy) is 1. The van der Waals surface area contributed by atoms with E-state index < -0.39 is 0 Å². The quantitative estimate of drug-likeness (QED) is 0.804. The first kappa shape index (κ1) is 10.5. The number of methoxy groups -OCH3 is 1. The van der Waals surface area contributed by atoms with E-state index in [1.54, 1.807) is 7.11 Å². The van der Waals surface area contributed by atoms with Gasteiger partial charge in [-0.2, -0.15) is 0 Å². The summed E-state index contributed by atoms with van der Waals surface area (Å²) in [5.41, 5.74) is 0.0600. The van der Waals surface area contributed by atoms with Gasteiger partial charge in [0, 0.05) is 32.6 Å². The van der Waals surface area contributed by atoms with E-state index in [1.807, 2.05) is 12.4 Å². The third-order valence-corrected chi connectivity index (χ3v) is 3.32. The van der Waals surface area contributed by atoms with Crippen molar-refractivity contribution in [3.63, 3.8) is 0 Å². The molecule has 0 radical (unpaired) electrons. The van der Waals surface area contributed by atoms with Crippen LogP contribution in [-0.4, -0.2) is 28.8 Å². The molecular weight excluding hydrogens is 190 g/mol. The van der Waals surface area contributed by atoms with E-state index in [-0.39, 0.29) is 5.60 Å². The second kappa shape index (κ2) is 4.23. The highest BCUT2D eigenvalue weighted by Crippen LogP contribution is 2.34. The molecule has 0 aromatic carbocycles. The molecule has 0 amide bonds. The molecule has 1 fully saturated rings. The summed E-state index contributed by atoms with van der Waals surface area (Å²) in [5.74, 6) is 0.945. The van der Waals surface area contributed by atoms with Crippen molar-refractivity contribution in [2.24, 2.45) is 0 Å². The number of aromatic nitrogens is 2. The topological polar surface area (TPSA) is 39.1 Å². The van der Waals surface area contributed by atoms with Crippen LogP contribution in [0.15, 0.2) is 12.4 Å². The normalized spacial score (nSPS) is 18.5. The van der Waals surface area contributed by atoms with Gasteiger partial charge in [-0.3, -0.25) is 0 Å². The highest BCUT2D eigenvalue weighted by Gasteiger charge is 2.36. The summed E-state index contributed by atoms with van der Waals surface area (Å²) in [7, 11) is 1.80. The Kier molecular flexibility index (Phi) is 2.95. The van der Waals surface area contributed by atoms with Gasteiger partial charge in [-0.25, -0.2) is 4.98 Å². The van der Waals surface area contributed by atoms with Crippen LogP contribution in [0.5, 0.6) is 0 Å². The number of imidazole rings is 1. The van der Waals surface area contributed by atoms with Crippen LogP contribution in [0.1, 0.15) is 26.2 Å². The smallest absolute Gasteiger partial charge is 0.202 e. The molecule has 1 saturated carbocycles. The van der Waals surface area contributed by atoms with Crippen molar-refractivity contribution in [2.75, 3.05) is 19.0 Å². The molecule has 0 aliphatic heterocycles. The lowest BCUT2D eigenvalue weighted by molar-refractivity contribution is -0.0602. The van der Waals surface area contributed by atoms with E-state index in [0.29, 0.717) is 0 Å². The lowest BCUT2D eigenvalue weighted by atomic mass is 9.80. The Morgan fingerprint density at radius 2 is 2.40 bits per heavy atom. The number of aryl methyl sites for hydroxylation is 1. The largest absolute Gasteiger partial charge is 0.376 e. The van der Waals surface area contributed by atoms with E-state index in [9.17, 15) is 0 Å². The molecule has 15 heavy (non-hydrogen) atoms. The van der Waals surface area contributed by atoms with Crippen LogP contribution in [0, 0.1) is 0 Å². The standard InChI is InChI=1S/C11H19N3O/c1-3-14-8-7-12-10(14)13-9-11(15-2)5-4-6-11/h7-8H,3-6,9H2,1-2H3,(H,12,13). The molecule has 0 saturated heterocycles. The minimum absolute atomic E-state index is 0.0600. The predicted octanol–water partition coefficient (Wildman–Crippen LogP) is 1.88. The van der Waals surface area contributed by atoms with E-state index in [0.717, 1.165) is 31.9 Å². The zero-order valence-electron chi connectivity index (χ0n) is 9.49. The summed E-state index contributed by atoms with van der Waals surface area (Å²) in [6.07, 6.45) is 7.40. The Labute approximate surface area is 90.6 Å². The molecule has 0 atom stereocenters. The molecule has 1 aliphatic carbocycles. The van der Waals surface area contributed by atoms with Crippen molar-refractivity contribution in [2.45, 2.75) is 38.3 Å². The van der Waals surface area contributed by atoms with Gasteiger partial charge in [0.05, 0.1) is 5.60 Å². The molecule has 2 rings (SSSR count). The summed E-state index contributed by atoms with van der Waals surface area (Å²) < 4.78 is 7.65. The first-order chi connectivity index (χ1) is 7.29. The minimum atomic E-state index is 0.0600. The molecule has 1 aromatic rings. The molecule has 4 nitrogen and oxygen atoms in total. The fraction of sp³-hybridized carbons (Fsp3) is 0.727. The van der Waals surface area contributed by atoms with E-state index in [4.69, 9.17) is 4.74 Å². The van der Waals surface area contributed by atoms with Gasteiger partial charge in [0.1, 0.15) is 0 Å². The maximum atomic E-state index is 5.55. The Morgan fingerprint density at radius 3 is 2.93 bits per heavy atom. The average Bonchev–Trinajstić information content (AvgIpc) is 2.64. The monoisotopic (exact) mass is 209 g/mol. The number of nitrogens with one attached hydrogen (secondary N) is 1. The molecule has 0 unspecified atom stereocenters. The van der Waals surface area contributed by atoms with E-state index in [1.165, 1.54) is 6.42 Å². The molecule has 1 aromatic heterocycles. The van der Waals surface area contributed by atoms with Crippen molar-refractivity contribution in [3.8, 4) is 0 Å². The van der Waals surface area contributed by atoms with Crippen molar-refractivity contribution < 1.29 is 4.74 Å². The van der Waals surface area contributed by atoms with Gasteiger partial charge in [0.2, 0.25) is 5.95 Å². The summed E-state index contributed by atoms with van der Waals surface area (Å²) in [6.45, 7) is 3.92. The fourth-order valence-electron chi connectivity index (χ4n) is 2.00. The van der Waals surface area contributed by atoms with Crippen LogP contribution in [0.4, 0.5) is 5.95 Å². The Hall–Kier alpha value is -1.03. The number of nitrogens with zero attached hydrogens (tertiary/aromatic N) is 2. The number of hydrogen-bond acceptors (Lipinski definition) is 3. The molecule has 1 heterocycles. The zero-order chi connectivity index (χ0) is 10.7. The second-order valence-electron chi connectivity index (χ2n) is 4.13. The second-order valence-corrected chi connectivity index (χ2v) is 4.13. The Balaban J connectivity index is 1.92. The maximum absolute atomic E-state index is 5.55. The minimum Gasteiger partial charge on any atom is -0.376 e. The van der Waals surface area contributed by atoms with E-state index >= 15 is 0 Å². The molecule has 1 N–H and O–H groups in total.